The minimum atomic E-state index is 0. The molecule has 1 aromatic rings. The van der Waals surface area contributed by atoms with Crippen molar-refractivity contribution >= 4 is 29.9 Å². The molecule has 26 heavy (non-hydrogen) atoms. The summed E-state index contributed by atoms with van der Waals surface area (Å²) in [5.41, 5.74) is 1.12. The van der Waals surface area contributed by atoms with E-state index in [4.69, 9.17) is 9.47 Å². The normalized spacial score (nSPS) is 18.0. The van der Waals surface area contributed by atoms with Crippen LogP contribution in [-0.2, 0) is 6.54 Å². The number of likely N-dealkylation sites (tertiary alicyclic amines) is 1. The van der Waals surface area contributed by atoms with Gasteiger partial charge in [0.15, 0.2) is 17.5 Å². The van der Waals surface area contributed by atoms with Crippen LogP contribution >= 0.6 is 24.0 Å². The summed E-state index contributed by atoms with van der Waals surface area (Å²) in [5, 5.41) is 6.75. The number of hydrogen-bond acceptors (Lipinski definition) is 4. The predicted molar refractivity (Wildman–Crippen MR) is 118 cm³/mol. The lowest BCUT2D eigenvalue weighted by molar-refractivity contribution is 0.163. The van der Waals surface area contributed by atoms with E-state index in [1.165, 1.54) is 25.8 Å². The van der Waals surface area contributed by atoms with E-state index in [0.717, 1.165) is 36.1 Å². The zero-order chi connectivity index (χ0) is 18.1. The van der Waals surface area contributed by atoms with Crippen LogP contribution < -0.4 is 20.1 Å². The minimum Gasteiger partial charge on any atom is -0.493 e. The Labute approximate surface area is 174 Å². The van der Waals surface area contributed by atoms with E-state index in [-0.39, 0.29) is 24.0 Å². The third-order valence-corrected chi connectivity index (χ3v) is 4.76. The molecule has 0 saturated carbocycles. The molecule has 6 nitrogen and oxygen atoms in total. The van der Waals surface area contributed by atoms with Crippen molar-refractivity contribution in [1.82, 2.24) is 15.5 Å². The molecular weight excluding hydrogens is 443 g/mol. The Hall–Kier alpha value is -1.22. The molecule has 0 radical (unpaired) electrons. The molecule has 0 bridgehead atoms. The Kier molecular flexibility index (Phi) is 10.7. The number of aliphatic imine (C=N–C) groups is 1. The molecule has 0 spiro atoms. The van der Waals surface area contributed by atoms with Crippen LogP contribution in [0, 0.1) is 0 Å². The van der Waals surface area contributed by atoms with Gasteiger partial charge in [-0.05, 0) is 44.0 Å². The van der Waals surface area contributed by atoms with Crippen LogP contribution in [0.4, 0.5) is 0 Å². The maximum atomic E-state index is 5.35. The van der Waals surface area contributed by atoms with Gasteiger partial charge in [0.05, 0.1) is 14.2 Å². The smallest absolute Gasteiger partial charge is 0.191 e. The van der Waals surface area contributed by atoms with Crippen LogP contribution in [0.3, 0.4) is 0 Å². The van der Waals surface area contributed by atoms with Gasteiger partial charge in [-0.3, -0.25) is 9.89 Å². The summed E-state index contributed by atoms with van der Waals surface area (Å²) >= 11 is 0. The first-order valence-corrected chi connectivity index (χ1v) is 9.07. The Morgan fingerprint density at radius 3 is 2.62 bits per heavy atom. The van der Waals surface area contributed by atoms with Gasteiger partial charge in [-0.2, -0.15) is 0 Å². The molecule has 0 aliphatic carbocycles. The molecular formula is C19H33IN4O2. The maximum absolute atomic E-state index is 5.35. The van der Waals surface area contributed by atoms with Crippen molar-refractivity contribution in [2.24, 2.45) is 4.99 Å². The van der Waals surface area contributed by atoms with E-state index in [0.29, 0.717) is 12.6 Å². The number of hydrogen-bond donors (Lipinski definition) is 2. The summed E-state index contributed by atoms with van der Waals surface area (Å²) in [6.45, 7) is 6.16. The first kappa shape index (κ1) is 22.8. The Bertz CT molecular complexity index is 568. The summed E-state index contributed by atoms with van der Waals surface area (Å²) in [6, 6.07) is 6.62. The SMILES string of the molecule is CN=C(NCCN1CCCCC1C)NCc1ccc(OC)c(OC)c1.I. The third kappa shape index (κ3) is 6.83. The summed E-state index contributed by atoms with van der Waals surface area (Å²) in [6.07, 6.45) is 3.99. The fraction of sp³-hybridized carbons (Fsp3) is 0.632. The summed E-state index contributed by atoms with van der Waals surface area (Å²) in [7, 11) is 5.09. The first-order valence-electron chi connectivity index (χ1n) is 9.07. The third-order valence-electron chi connectivity index (χ3n) is 4.76. The number of piperidine rings is 1. The standard InChI is InChI=1S/C19H32N4O2.HI/c1-15-7-5-6-11-23(15)12-10-21-19(20-2)22-14-16-8-9-17(24-3)18(13-16)25-4;/h8-9,13,15H,5-7,10-12,14H2,1-4H3,(H2,20,21,22);1H. The lowest BCUT2D eigenvalue weighted by Crippen LogP contribution is -2.45. The number of nitrogens with zero attached hydrogens (tertiary/aromatic N) is 2. The lowest BCUT2D eigenvalue weighted by atomic mass is 10.0. The van der Waals surface area contributed by atoms with Gasteiger partial charge in [0.25, 0.3) is 0 Å². The van der Waals surface area contributed by atoms with Crippen molar-refractivity contribution < 1.29 is 9.47 Å². The van der Waals surface area contributed by atoms with E-state index >= 15 is 0 Å². The van der Waals surface area contributed by atoms with Gasteiger partial charge >= 0.3 is 0 Å². The van der Waals surface area contributed by atoms with Gasteiger partial charge in [-0.15, -0.1) is 24.0 Å². The summed E-state index contributed by atoms with van der Waals surface area (Å²) in [4.78, 5) is 6.85. The highest BCUT2D eigenvalue weighted by molar-refractivity contribution is 14.0. The van der Waals surface area contributed by atoms with E-state index < -0.39 is 0 Å². The van der Waals surface area contributed by atoms with Crippen molar-refractivity contribution in [1.29, 1.82) is 0 Å². The fourth-order valence-electron chi connectivity index (χ4n) is 3.20. The number of nitrogens with one attached hydrogen (secondary N) is 2. The van der Waals surface area contributed by atoms with Crippen molar-refractivity contribution in [3.63, 3.8) is 0 Å². The lowest BCUT2D eigenvalue weighted by Gasteiger charge is -2.33. The molecule has 2 rings (SSSR count). The van der Waals surface area contributed by atoms with Crippen LogP contribution in [0.2, 0.25) is 0 Å². The van der Waals surface area contributed by atoms with Gasteiger partial charge < -0.3 is 20.1 Å². The molecule has 1 heterocycles. The Morgan fingerprint density at radius 1 is 1.19 bits per heavy atom. The number of halogens is 1. The van der Waals surface area contributed by atoms with Gasteiger partial charge in [0.1, 0.15) is 0 Å². The van der Waals surface area contributed by atoms with E-state index in [1.807, 2.05) is 18.2 Å². The van der Waals surface area contributed by atoms with Crippen molar-refractivity contribution in [3.8, 4) is 11.5 Å². The van der Waals surface area contributed by atoms with Crippen molar-refractivity contribution in [3.05, 3.63) is 23.8 Å². The van der Waals surface area contributed by atoms with Crippen LogP contribution in [0.25, 0.3) is 0 Å². The van der Waals surface area contributed by atoms with Crippen LogP contribution in [0.15, 0.2) is 23.2 Å². The van der Waals surface area contributed by atoms with Gasteiger partial charge in [0.2, 0.25) is 0 Å². The van der Waals surface area contributed by atoms with Gasteiger partial charge in [-0.25, -0.2) is 0 Å². The second kappa shape index (κ2) is 12.2. The molecule has 1 unspecified atom stereocenters. The molecule has 1 aliphatic rings. The fourth-order valence-corrected chi connectivity index (χ4v) is 3.20. The molecule has 1 atom stereocenters. The number of benzene rings is 1. The average molecular weight is 476 g/mol. The average Bonchev–Trinajstić information content (AvgIpc) is 2.65. The van der Waals surface area contributed by atoms with Crippen molar-refractivity contribution in [2.45, 2.75) is 38.8 Å². The number of ether oxygens (including phenoxy) is 2. The highest BCUT2D eigenvalue weighted by Gasteiger charge is 2.17. The maximum Gasteiger partial charge on any atom is 0.191 e. The van der Waals surface area contributed by atoms with Crippen LogP contribution in [-0.4, -0.2) is 57.8 Å². The second-order valence-electron chi connectivity index (χ2n) is 6.42. The van der Waals surface area contributed by atoms with Crippen LogP contribution in [0.1, 0.15) is 31.7 Å². The first-order chi connectivity index (χ1) is 12.2. The highest BCUT2D eigenvalue weighted by atomic mass is 127. The molecule has 0 amide bonds. The van der Waals surface area contributed by atoms with Crippen molar-refractivity contribution in [2.75, 3.05) is 40.9 Å². The molecule has 2 N–H and O–H groups in total. The molecule has 0 aromatic heterocycles. The van der Waals surface area contributed by atoms with Gasteiger partial charge in [0, 0.05) is 32.7 Å². The predicted octanol–water partition coefficient (Wildman–Crippen LogP) is 2.86. The summed E-state index contributed by atoms with van der Waals surface area (Å²) < 4.78 is 10.6. The molecule has 7 heteroatoms. The van der Waals surface area contributed by atoms with E-state index in [2.05, 4.69) is 27.4 Å². The molecule has 148 valence electrons. The quantitative estimate of drug-likeness (QED) is 0.360. The largest absolute Gasteiger partial charge is 0.493 e. The zero-order valence-electron chi connectivity index (χ0n) is 16.4. The summed E-state index contributed by atoms with van der Waals surface area (Å²) in [5.74, 6) is 2.30. The molecule has 1 fully saturated rings. The molecule has 1 saturated heterocycles. The Balaban J connectivity index is 0.00000338. The van der Waals surface area contributed by atoms with Crippen LogP contribution in [0.5, 0.6) is 11.5 Å². The molecule has 1 aliphatic heterocycles. The van der Waals surface area contributed by atoms with E-state index in [1.54, 1.807) is 21.3 Å². The Morgan fingerprint density at radius 2 is 1.96 bits per heavy atom. The number of guanidine groups is 1. The second-order valence-corrected chi connectivity index (χ2v) is 6.42. The molecule has 1 aromatic carbocycles. The van der Waals surface area contributed by atoms with Gasteiger partial charge in [-0.1, -0.05) is 12.5 Å². The number of methoxy groups -OCH3 is 2. The highest BCUT2D eigenvalue weighted by Crippen LogP contribution is 2.27. The van der Waals surface area contributed by atoms with E-state index in [9.17, 15) is 0 Å². The monoisotopic (exact) mass is 476 g/mol. The zero-order valence-corrected chi connectivity index (χ0v) is 18.7. The number of rotatable bonds is 7. The minimum absolute atomic E-state index is 0. The topological polar surface area (TPSA) is 58.1 Å².